The molecule has 7 nitrogen and oxygen atoms in total. The van der Waals surface area contributed by atoms with E-state index in [9.17, 15) is 9.59 Å². The molecule has 0 bridgehead atoms. The molecule has 7 heteroatoms. The highest BCUT2D eigenvalue weighted by Gasteiger charge is 2.30. The summed E-state index contributed by atoms with van der Waals surface area (Å²) in [4.78, 5) is 36.2. The van der Waals surface area contributed by atoms with Gasteiger partial charge in [-0.05, 0) is 37.1 Å². The molecule has 0 unspecified atom stereocenters. The lowest BCUT2D eigenvalue weighted by Gasteiger charge is -2.23. The first-order valence-electron chi connectivity index (χ1n) is 9.11. The van der Waals surface area contributed by atoms with Crippen LogP contribution in [0.1, 0.15) is 42.2 Å². The van der Waals surface area contributed by atoms with E-state index in [2.05, 4.69) is 15.3 Å². The number of nitrogens with one attached hydrogen (secondary N) is 1. The predicted molar refractivity (Wildman–Crippen MR) is 103 cm³/mol. The standard InChI is InChI=1S/C20H25N5O2/c1-14(16-5-4-9-21-11-16)23-19-7-6-17(12-22-19)20(27)25-10-8-18(13-25)24(3)15(2)26/h4-7,9,11-12,14,18H,8,10,13H2,1-3H3,(H,22,23)/t14-,18+/m1/s1. The van der Waals surface area contributed by atoms with Crippen LogP contribution in [0.15, 0.2) is 42.9 Å². The molecule has 1 N–H and O–H groups in total. The highest BCUT2D eigenvalue weighted by atomic mass is 16.2. The van der Waals surface area contributed by atoms with Crippen LogP contribution in [-0.2, 0) is 4.79 Å². The first-order valence-corrected chi connectivity index (χ1v) is 9.11. The van der Waals surface area contributed by atoms with E-state index in [0.717, 1.165) is 12.0 Å². The second-order valence-electron chi connectivity index (χ2n) is 6.91. The summed E-state index contributed by atoms with van der Waals surface area (Å²) >= 11 is 0. The summed E-state index contributed by atoms with van der Waals surface area (Å²) in [6, 6.07) is 7.65. The number of anilines is 1. The van der Waals surface area contributed by atoms with Crippen molar-refractivity contribution in [3.63, 3.8) is 0 Å². The molecule has 2 aromatic rings. The summed E-state index contributed by atoms with van der Waals surface area (Å²) in [6.07, 6.45) is 5.96. The quantitative estimate of drug-likeness (QED) is 0.878. The zero-order chi connectivity index (χ0) is 19.4. The summed E-state index contributed by atoms with van der Waals surface area (Å²) in [5.74, 6) is 0.682. The van der Waals surface area contributed by atoms with E-state index in [1.165, 1.54) is 0 Å². The minimum Gasteiger partial charge on any atom is -0.363 e. The van der Waals surface area contributed by atoms with Crippen LogP contribution in [0.2, 0.25) is 0 Å². The van der Waals surface area contributed by atoms with Crippen LogP contribution in [0, 0.1) is 0 Å². The van der Waals surface area contributed by atoms with Crippen LogP contribution in [0.4, 0.5) is 5.82 Å². The van der Waals surface area contributed by atoms with Crippen LogP contribution in [0.25, 0.3) is 0 Å². The van der Waals surface area contributed by atoms with Crippen LogP contribution in [-0.4, -0.2) is 57.8 Å². The lowest BCUT2D eigenvalue weighted by atomic mass is 10.1. The Morgan fingerprint density at radius 2 is 2.11 bits per heavy atom. The molecule has 2 atom stereocenters. The molecule has 27 heavy (non-hydrogen) atoms. The number of aromatic nitrogens is 2. The van der Waals surface area contributed by atoms with Crippen molar-refractivity contribution in [2.45, 2.75) is 32.4 Å². The number of likely N-dealkylation sites (N-methyl/N-ethyl adjacent to an activating group) is 1. The van der Waals surface area contributed by atoms with Crippen molar-refractivity contribution in [1.29, 1.82) is 0 Å². The number of nitrogens with zero attached hydrogens (tertiary/aromatic N) is 4. The number of hydrogen-bond donors (Lipinski definition) is 1. The van der Waals surface area contributed by atoms with Crippen molar-refractivity contribution in [2.24, 2.45) is 0 Å². The maximum absolute atomic E-state index is 12.7. The Morgan fingerprint density at radius 1 is 1.30 bits per heavy atom. The van der Waals surface area contributed by atoms with Crippen molar-refractivity contribution in [1.82, 2.24) is 19.8 Å². The smallest absolute Gasteiger partial charge is 0.255 e. The molecule has 142 valence electrons. The third-order valence-electron chi connectivity index (χ3n) is 5.05. The normalized spacial score (nSPS) is 17.4. The van der Waals surface area contributed by atoms with Crippen molar-refractivity contribution < 1.29 is 9.59 Å². The summed E-state index contributed by atoms with van der Waals surface area (Å²) in [7, 11) is 1.78. The van der Waals surface area contributed by atoms with Crippen LogP contribution >= 0.6 is 0 Å². The summed E-state index contributed by atoms with van der Waals surface area (Å²) in [5.41, 5.74) is 1.62. The molecule has 1 fully saturated rings. The second kappa shape index (κ2) is 8.16. The van der Waals surface area contributed by atoms with Crippen LogP contribution < -0.4 is 5.32 Å². The fourth-order valence-corrected chi connectivity index (χ4v) is 3.23. The molecule has 0 aromatic carbocycles. The van der Waals surface area contributed by atoms with Crippen molar-refractivity contribution in [3.05, 3.63) is 54.0 Å². The molecular weight excluding hydrogens is 342 g/mol. The van der Waals surface area contributed by atoms with Gasteiger partial charge in [0.25, 0.3) is 5.91 Å². The van der Waals surface area contributed by atoms with E-state index in [0.29, 0.717) is 24.5 Å². The number of likely N-dealkylation sites (tertiary alicyclic amines) is 1. The molecule has 1 aliphatic rings. The van der Waals surface area contributed by atoms with Crippen molar-refractivity contribution in [2.75, 3.05) is 25.5 Å². The largest absolute Gasteiger partial charge is 0.363 e. The van der Waals surface area contributed by atoms with E-state index >= 15 is 0 Å². The number of carbonyl (C=O) groups excluding carboxylic acids is 2. The van der Waals surface area contributed by atoms with E-state index in [4.69, 9.17) is 0 Å². The molecule has 2 amide bonds. The predicted octanol–water partition coefficient (Wildman–Crippen LogP) is 2.34. The average molecular weight is 367 g/mol. The SMILES string of the molecule is CC(=O)N(C)[C@H]1CCN(C(=O)c2ccc(N[C@H](C)c3cccnc3)nc2)C1. The molecule has 1 saturated heterocycles. The third kappa shape index (κ3) is 4.42. The Labute approximate surface area is 159 Å². The second-order valence-corrected chi connectivity index (χ2v) is 6.91. The van der Waals surface area contributed by atoms with Gasteiger partial charge in [-0.1, -0.05) is 6.07 Å². The molecule has 0 radical (unpaired) electrons. The summed E-state index contributed by atoms with van der Waals surface area (Å²) in [5, 5.41) is 3.31. The van der Waals surface area contributed by atoms with Gasteiger partial charge in [0, 0.05) is 45.7 Å². The average Bonchev–Trinajstić information content (AvgIpc) is 3.18. The van der Waals surface area contributed by atoms with E-state index in [1.807, 2.05) is 31.3 Å². The zero-order valence-corrected chi connectivity index (χ0v) is 15.9. The molecule has 0 aliphatic carbocycles. The Bertz CT molecular complexity index is 794. The Balaban J connectivity index is 1.60. The molecule has 0 saturated carbocycles. The number of hydrogen-bond acceptors (Lipinski definition) is 5. The Morgan fingerprint density at radius 3 is 2.74 bits per heavy atom. The number of amides is 2. The van der Waals surface area contributed by atoms with Gasteiger partial charge in [-0.15, -0.1) is 0 Å². The van der Waals surface area contributed by atoms with Gasteiger partial charge in [0.2, 0.25) is 5.91 Å². The van der Waals surface area contributed by atoms with E-state index in [-0.39, 0.29) is 23.9 Å². The molecule has 1 aliphatic heterocycles. The van der Waals surface area contributed by atoms with Crippen LogP contribution in [0.3, 0.4) is 0 Å². The first-order chi connectivity index (χ1) is 13.0. The zero-order valence-electron chi connectivity index (χ0n) is 15.9. The molecule has 3 rings (SSSR count). The lowest BCUT2D eigenvalue weighted by Crippen LogP contribution is -2.38. The highest BCUT2D eigenvalue weighted by Crippen LogP contribution is 2.19. The molecular formula is C20H25N5O2. The first kappa shape index (κ1) is 18.8. The van der Waals surface area contributed by atoms with Gasteiger partial charge >= 0.3 is 0 Å². The number of pyridine rings is 2. The third-order valence-corrected chi connectivity index (χ3v) is 5.05. The van der Waals surface area contributed by atoms with Gasteiger partial charge in [0.1, 0.15) is 5.82 Å². The fraction of sp³-hybridized carbons (Fsp3) is 0.400. The molecule has 3 heterocycles. The van der Waals surface area contributed by atoms with Gasteiger partial charge < -0.3 is 15.1 Å². The lowest BCUT2D eigenvalue weighted by molar-refractivity contribution is -0.129. The highest BCUT2D eigenvalue weighted by molar-refractivity contribution is 5.94. The van der Waals surface area contributed by atoms with Gasteiger partial charge in [-0.25, -0.2) is 4.98 Å². The topological polar surface area (TPSA) is 78.4 Å². The Hall–Kier alpha value is -2.96. The molecule has 2 aromatic heterocycles. The van der Waals surface area contributed by atoms with E-state index in [1.54, 1.807) is 42.2 Å². The van der Waals surface area contributed by atoms with Crippen molar-refractivity contribution >= 4 is 17.6 Å². The van der Waals surface area contributed by atoms with Crippen LogP contribution in [0.5, 0.6) is 0 Å². The molecule has 0 spiro atoms. The maximum atomic E-state index is 12.7. The van der Waals surface area contributed by atoms with Gasteiger partial charge in [-0.3, -0.25) is 14.6 Å². The monoisotopic (exact) mass is 367 g/mol. The fourth-order valence-electron chi connectivity index (χ4n) is 3.23. The van der Waals surface area contributed by atoms with Gasteiger partial charge in [0.15, 0.2) is 0 Å². The van der Waals surface area contributed by atoms with E-state index < -0.39 is 0 Å². The Kier molecular flexibility index (Phi) is 5.69. The van der Waals surface area contributed by atoms with Gasteiger partial charge in [0.05, 0.1) is 17.6 Å². The van der Waals surface area contributed by atoms with Crippen molar-refractivity contribution in [3.8, 4) is 0 Å². The summed E-state index contributed by atoms with van der Waals surface area (Å²) in [6.45, 7) is 4.80. The maximum Gasteiger partial charge on any atom is 0.255 e. The number of rotatable bonds is 5. The summed E-state index contributed by atoms with van der Waals surface area (Å²) < 4.78 is 0. The minimum absolute atomic E-state index is 0.0223. The minimum atomic E-state index is -0.0474. The van der Waals surface area contributed by atoms with Gasteiger partial charge in [-0.2, -0.15) is 0 Å². The number of carbonyl (C=O) groups is 2.